The molecule has 10 heteroatoms. The molecule has 1 aromatic rings. The molecule has 0 radical (unpaired) electrons. The highest BCUT2D eigenvalue weighted by Gasteiger charge is 2.17. The lowest BCUT2D eigenvalue weighted by atomic mass is 10.3. The summed E-state index contributed by atoms with van der Waals surface area (Å²) in [6.07, 6.45) is 0.139. The van der Waals surface area contributed by atoms with E-state index in [0.717, 1.165) is 0 Å². The van der Waals surface area contributed by atoms with Crippen LogP contribution >= 0.6 is 0 Å². The lowest BCUT2D eigenvalue weighted by Crippen LogP contribution is -2.39. The van der Waals surface area contributed by atoms with Gasteiger partial charge in [-0.2, -0.15) is 0 Å². The average Bonchev–Trinajstić information content (AvgIpc) is 2.75. The van der Waals surface area contributed by atoms with Crippen LogP contribution in [0.25, 0.3) is 0 Å². The summed E-state index contributed by atoms with van der Waals surface area (Å²) in [6.45, 7) is 1.62. The highest BCUT2D eigenvalue weighted by Crippen LogP contribution is 1.99. The molecule has 3 N–H and O–H groups in total. The number of nitrogens with zero attached hydrogens (tertiary/aromatic N) is 4. The van der Waals surface area contributed by atoms with Crippen LogP contribution < -0.4 is 5.32 Å². The van der Waals surface area contributed by atoms with E-state index in [1.165, 1.54) is 11.6 Å². The molecule has 0 aliphatic carbocycles. The van der Waals surface area contributed by atoms with Gasteiger partial charge in [0, 0.05) is 13.0 Å². The van der Waals surface area contributed by atoms with Crippen molar-refractivity contribution in [2.24, 2.45) is 0 Å². The number of carbonyl (C=O) groups excluding carboxylic acids is 1. The van der Waals surface area contributed by atoms with Gasteiger partial charge in [0.05, 0.1) is 6.42 Å². The zero-order chi connectivity index (χ0) is 15.1. The number of aryl methyl sites for hydroxylation is 1. The number of tetrazole rings is 1. The van der Waals surface area contributed by atoms with Crippen molar-refractivity contribution < 1.29 is 24.6 Å². The zero-order valence-electron chi connectivity index (χ0n) is 10.8. The number of rotatable bonds is 8. The molecule has 10 nitrogen and oxygen atoms in total. The first kappa shape index (κ1) is 15.5. The Balaban J connectivity index is 2.51. The van der Waals surface area contributed by atoms with Crippen LogP contribution in [0.3, 0.4) is 0 Å². The van der Waals surface area contributed by atoms with Crippen LogP contribution in [0.2, 0.25) is 0 Å². The third-order valence-electron chi connectivity index (χ3n) is 2.43. The van der Waals surface area contributed by atoms with Crippen LogP contribution in [0.1, 0.15) is 25.6 Å². The van der Waals surface area contributed by atoms with E-state index >= 15 is 0 Å². The lowest BCUT2D eigenvalue weighted by Gasteiger charge is -2.08. The monoisotopic (exact) mass is 285 g/mol. The normalized spacial score (nSPS) is 11.8. The molecular weight excluding hydrogens is 270 g/mol. The molecule has 0 aliphatic heterocycles. The van der Waals surface area contributed by atoms with Gasteiger partial charge >= 0.3 is 11.9 Å². The Labute approximate surface area is 113 Å². The lowest BCUT2D eigenvalue weighted by molar-refractivity contribution is -0.141. The minimum atomic E-state index is -1.14. The van der Waals surface area contributed by atoms with Crippen molar-refractivity contribution >= 4 is 17.8 Å². The van der Waals surface area contributed by atoms with Crippen molar-refractivity contribution in [3.05, 3.63) is 5.82 Å². The summed E-state index contributed by atoms with van der Waals surface area (Å²) in [6, 6.07) is -1.00. The van der Waals surface area contributed by atoms with Crippen molar-refractivity contribution in [3.8, 4) is 0 Å². The van der Waals surface area contributed by atoms with E-state index in [-0.39, 0.29) is 25.2 Å². The van der Waals surface area contributed by atoms with E-state index in [0.29, 0.717) is 6.42 Å². The Bertz CT molecular complexity index is 500. The third-order valence-corrected chi connectivity index (χ3v) is 2.43. The summed E-state index contributed by atoms with van der Waals surface area (Å²) >= 11 is 0. The number of carboxylic acids is 2. The van der Waals surface area contributed by atoms with Crippen molar-refractivity contribution in [2.45, 2.75) is 38.8 Å². The van der Waals surface area contributed by atoms with Crippen molar-refractivity contribution in [3.63, 3.8) is 0 Å². The summed E-state index contributed by atoms with van der Waals surface area (Å²) in [4.78, 5) is 32.6. The fourth-order valence-electron chi connectivity index (χ4n) is 1.40. The number of amides is 1. The van der Waals surface area contributed by atoms with Gasteiger partial charge in [-0.1, -0.05) is 0 Å². The van der Waals surface area contributed by atoms with Crippen LogP contribution in [-0.2, 0) is 27.3 Å². The Hall–Kier alpha value is -2.52. The second-order valence-corrected chi connectivity index (χ2v) is 4.12. The molecule has 0 spiro atoms. The molecule has 0 aliphatic rings. The molecule has 1 atom stereocenters. The van der Waals surface area contributed by atoms with Gasteiger partial charge in [-0.3, -0.25) is 14.4 Å². The van der Waals surface area contributed by atoms with Crippen LogP contribution in [0, 0.1) is 0 Å². The van der Waals surface area contributed by atoms with Gasteiger partial charge in [-0.15, -0.1) is 5.10 Å². The molecule has 0 fully saturated rings. The molecular formula is C10H15N5O5. The molecule has 1 amide bonds. The minimum absolute atomic E-state index is 0.0262. The standard InChI is InChI=1S/C10H15N5O5/c1-6(10(19)20)11-8(16)5-7-12-13-14-15(7)4-2-3-9(17)18/h6H,2-5H2,1H3,(H,11,16)(H,17,18)(H,19,20). The predicted octanol–water partition coefficient (Wildman–Crippen LogP) is -1.33. The topological polar surface area (TPSA) is 147 Å². The molecule has 110 valence electrons. The second-order valence-electron chi connectivity index (χ2n) is 4.12. The molecule has 1 heterocycles. The smallest absolute Gasteiger partial charge is 0.325 e. The molecule has 1 unspecified atom stereocenters. The highest BCUT2D eigenvalue weighted by atomic mass is 16.4. The Morgan fingerprint density at radius 1 is 1.35 bits per heavy atom. The molecule has 1 rings (SSSR count). The first-order valence-corrected chi connectivity index (χ1v) is 5.89. The van der Waals surface area contributed by atoms with Gasteiger partial charge in [0.15, 0.2) is 5.82 Å². The maximum absolute atomic E-state index is 11.6. The fourth-order valence-corrected chi connectivity index (χ4v) is 1.40. The molecule has 1 aromatic heterocycles. The predicted molar refractivity (Wildman–Crippen MR) is 63.6 cm³/mol. The van der Waals surface area contributed by atoms with Crippen LogP contribution in [0.5, 0.6) is 0 Å². The molecule has 0 saturated heterocycles. The molecule has 0 aromatic carbocycles. The summed E-state index contributed by atoms with van der Waals surface area (Å²) < 4.78 is 1.33. The van der Waals surface area contributed by atoms with Gasteiger partial charge in [0.2, 0.25) is 5.91 Å². The third kappa shape index (κ3) is 5.00. The number of aromatic nitrogens is 4. The highest BCUT2D eigenvalue weighted by molar-refractivity contribution is 5.84. The van der Waals surface area contributed by atoms with E-state index in [1.54, 1.807) is 0 Å². The Kier molecular flexibility index (Phi) is 5.56. The largest absolute Gasteiger partial charge is 0.481 e. The Morgan fingerprint density at radius 2 is 2.05 bits per heavy atom. The van der Waals surface area contributed by atoms with E-state index in [1.807, 2.05) is 0 Å². The SMILES string of the molecule is CC(NC(=O)Cc1nnnn1CCCC(=O)O)C(=O)O. The maximum Gasteiger partial charge on any atom is 0.325 e. The van der Waals surface area contributed by atoms with Crippen LogP contribution in [0.15, 0.2) is 0 Å². The maximum atomic E-state index is 11.6. The quantitative estimate of drug-likeness (QED) is 0.532. The van der Waals surface area contributed by atoms with Gasteiger partial charge < -0.3 is 15.5 Å². The first-order valence-electron chi connectivity index (χ1n) is 5.89. The van der Waals surface area contributed by atoms with Crippen molar-refractivity contribution in [2.75, 3.05) is 0 Å². The number of hydrogen-bond acceptors (Lipinski definition) is 6. The van der Waals surface area contributed by atoms with Gasteiger partial charge in [-0.05, 0) is 23.8 Å². The summed E-state index contributed by atoms with van der Waals surface area (Å²) in [7, 11) is 0. The van der Waals surface area contributed by atoms with Crippen LogP contribution in [-0.4, -0.2) is 54.3 Å². The van der Waals surface area contributed by atoms with Crippen molar-refractivity contribution in [1.29, 1.82) is 0 Å². The molecule has 20 heavy (non-hydrogen) atoms. The first-order chi connectivity index (χ1) is 9.40. The van der Waals surface area contributed by atoms with Gasteiger partial charge in [0.25, 0.3) is 0 Å². The van der Waals surface area contributed by atoms with E-state index in [2.05, 4.69) is 20.8 Å². The number of nitrogens with one attached hydrogen (secondary N) is 1. The van der Waals surface area contributed by atoms with Crippen LogP contribution in [0.4, 0.5) is 0 Å². The minimum Gasteiger partial charge on any atom is -0.481 e. The second kappa shape index (κ2) is 7.16. The van der Waals surface area contributed by atoms with E-state index in [9.17, 15) is 14.4 Å². The van der Waals surface area contributed by atoms with Gasteiger partial charge in [0.1, 0.15) is 6.04 Å². The number of carboxylic acid groups (broad SMARTS) is 2. The average molecular weight is 285 g/mol. The molecule has 0 bridgehead atoms. The number of carbonyl (C=O) groups is 3. The number of hydrogen-bond donors (Lipinski definition) is 3. The van der Waals surface area contributed by atoms with Crippen molar-refractivity contribution in [1.82, 2.24) is 25.5 Å². The van der Waals surface area contributed by atoms with E-state index in [4.69, 9.17) is 10.2 Å². The van der Waals surface area contributed by atoms with Gasteiger partial charge in [-0.25, -0.2) is 4.68 Å². The summed E-state index contributed by atoms with van der Waals surface area (Å²) in [5, 5.41) is 30.2. The summed E-state index contributed by atoms with van der Waals surface area (Å²) in [5.41, 5.74) is 0. The Morgan fingerprint density at radius 3 is 2.65 bits per heavy atom. The summed E-state index contributed by atoms with van der Waals surface area (Å²) in [5.74, 6) is -2.33. The zero-order valence-corrected chi connectivity index (χ0v) is 10.8. The molecule has 0 saturated carbocycles. The fraction of sp³-hybridized carbons (Fsp3) is 0.600. The van der Waals surface area contributed by atoms with E-state index < -0.39 is 23.9 Å². The number of aliphatic carboxylic acids is 2.